The molecule has 0 radical (unpaired) electrons. The Morgan fingerprint density at radius 3 is 2.52 bits per heavy atom. The molecule has 2 aliphatic heterocycles. The largest absolute Gasteiger partial charge is 0.477 e. The average Bonchev–Trinajstić information content (AvgIpc) is 2.86. The van der Waals surface area contributed by atoms with Gasteiger partial charge in [-0.2, -0.15) is 0 Å². The highest BCUT2D eigenvalue weighted by Gasteiger charge is 2.26. The molecule has 2 aromatic rings. The molecule has 2 heterocycles. The number of carboxylic acid groups (broad SMARTS) is 1. The fraction of sp³-hybridized carbons (Fsp3) is 0. The number of hydrogen-bond acceptors (Lipinski definition) is 4. The summed E-state index contributed by atoms with van der Waals surface area (Å²) < 4.78 is 0. The summed E-state index contributed by atoms with van der Waals surface area (Å²) in [5.41, 5.74) is 2.69. The molecule has 0 unspecified atom stereocenters. The maximum atomic E-state index is 12.2. The Labute approximate surface area is 118 Å². The van der Waals surface area contributed by atoms with E-state index in [2.05, 4.69) is 9.98 Å². The van der Waals surface area contributed by atoms with Gasteiger partial charge < -0.3 is 5.11 Å². The smallest absolute Gasteiger partial charge is 0.341 e. The second-order valence-corrected chi connectivity index (χ2v) is 4.79. The zero-order chi connectivity index (χ0) is 14.6. The van der Waals surface area contributed by atoms with E-state index in [0.29, 0.717) is 10.7 Å². The predicted molar refractivity (Wildman–Crippen MR) is 73.9 cm³/mol. The maximum Gasteiger partial charge on any atom is 0.341 e. The van der Waals surface area contributed by atoms with E-state index >= 15 is 0 Å². The SMILES string of the molecule is O=C(O)C1=CN=c2c(ccc3c2=Nc2ccccc2-3)C1=O. The third kappa shape index (κ3) is 1.51. The minimum atomic E-state index is -1.27. The third-order valence-electron chi connectivity index (χ3n) is 3.62. The zero-order valence-corrected chi connectivity index (χ0v) is 10.7. The van der Waals surface area contributed by atoms with Crippen LogP contribution in [0.3, 0.4) is 0 Å². The number of nitrogens with zero attached hydrogens (tertiary/aromatic N) is 2. The molecule has 0 atom stereocenters. The van der Waals surface area contributed by atoms with Crippen molar-refractivity contribution in [1.82, 2.24) is 0 Å². The first-order chi connectivity index (χ1) is 10.2. The summed E-state index contributed by atoms with van der Waals surface area (Å²) in [5.74, 6) is -1.79. The van der Waals surface area contributed by atoms with E-state index in [0.717, 1.165) is 23.0 Å². The van der Waals surface area contributed by atoms with Gasteiger partial charge >= 0.3 is 5.97 Å². The Morgan fingerprint density at radius 2 is 1.71 bits per heavy atom. The number of Topliss-reactive ketones (excluding diaryl/α,β-unsaturated/α-hetero) is 1. The van der Waals surface area contributed by atoms with E-state index in [-0.39, 0.29) is 11.1 Å². The number of benzene rings is 2. The van der Waals surface area contributed by atoms with E-state index in [4.69, 9.17) is 5.11 Å². The fourth-order valence-corrected chi connectivity index (χ4v) is 2.63. The fourth-order valence-electron chi connectivity index (χ4n) is 2.63. The predicted octanol–water partition coefficient (Wildman–Crippen LogP) is 1.40. The summed E-state index contributed by atoms with van der Waals surface area (Å²) >= 11 is 0. The lowest BCUT2D eigenvalue weighted by atomic mass is 9.97. The second kappa shape index (κ2) is 3.96. The molecule has 0 spiro atoms. The minimum Gasteiger partial charge on any atom is -0.477 e. The highest BCUT2D eigenvalue weighted by atomic mass is 16.4. The van der Waals surface area contributed by atoms with Gasteiger partial charge in [0.15, 0.2) is 0 Å². The van der Waals surface area contributed by atoms with Gasteiger partial charge in [-0.05, 0) is 12.1 Å². The summed E-state index contributed by atoms with van der Waals surface area (Å²) in [6.45, 7) is 0. The molecule has 0 aliphatic carbocycles. The van der Waals surface area contributed by atoms with Crippen LogP contribution in [0.4, 0.5) is 5.69 Å². The summed E-state index contributed by atoms with van der Waals surface area (Å²) in [4.78, 5) is 31.8. The number of carboxylic acids is 1. The van der Waals surface area contributed by atoms with Crippen LogP contribution in [0.5, 0.6) is 0 Å². The standard InChI is InChI=1S/C16H8N2O3/c19-15-10-6-5-9-8-3-1-2-4-12(8)18-14(9)13(10)17-7-11(15)16(20)21/h1-7H,(H,20,21). The van der Waals surface area contributed by atoms with Crippen LogP contribution in [0.15, 0.2) is 58.2 Å². The lowest BCUT2D eigenvalue weighted by Crippen LogP contribution is -2.35. The Balaban J connectivity index is 2.07. The molecule has 4 rings (SSSR count). The molecule has 0 saturated carbocycles. The van der Waals surface area contributed by atoms with Crippen LogP contribution in [0, 0.1) is 0 Å². The maximum absolute atomic E-state index is 12.2. The Morgan fingerprint density at radius 1 is 0.952 bits per heavy atom. The van der Waals surface area contributed by atoms with Crippen molar-refractivity contribution in [3.8, 4) is 11.1 Å². The summed E-state index contributed by atoms with van der Waals surface area (Å²) in [6.07, 6.45) is 1.10. The van der Waals surface area contributed by atoms with Crippen LogP contribution in [0.2, 0.25) is 0 Å². The van der Waals surface area contributed by atoms with Crippen LogP contribution in [0.1, 0.15) is 10.4 Å². The highest BCUT2D eigenvalue weighted by molar-refractivity contribution is 6.24. The molecule has 1 N–H and O–H groups in total. The molecule has 0 saturated heterocycles. The van der Waals surface area contributed by atoms with Gasteiger partial charge in [0.1, 0.15) is 10.9 Å². The van der Waals surface area contributed by atoms with Gasteiger partial charge in [-0.3, -0.25) is 9.79 Å². The van der Waals surface area contributed by atoms with E-state index < -0.39 is 11.8 Å². The van der Waals surface area contributed by atoms with Crippen molar-refractivity contribution < 1.29 is 14.7 Å². The van der Waals surface area contributed by atoms with Gasteiger partial charge in [0, 0.05) is 17.3 Å². The molecule has 0 amide bonds. The number of para-hydroxylation sites is 1. The summed E-state index contributed by atoms with van der Waals surface area (Å²) in [5, 5.41) is 10.1. The average molecular weight is 276 g/mol. The van der Waals surface area contributed by atoms with Gasteiger partial charge in [-0.25, -0.2) is 9.79 Å². The minimum absolute atomic E-state index is 0.283. The van der Waals surface area contributed by atoms with Gasteiger partial charge in [-0.1, -0.05) is 24.3 Å². The molecule has 2 aliphatic rings. The monoisotopic (exact) mass is 276 g/mol. The number of ketones is 1. The molecule has 100 valence electrons. The van der Waals surface area contributed by atoms with Crippen LogP contribution in [0.25, 0.3) is 11.1 Å². The zero-order valence-electron chi connectivity index (χ0n) is 10.7. The first-order valence-corrected chi connectivity index (χ1v) is 6.34. The molecular weight excluding hydrogens is 268 g/mol. The van der Waals surface area contributed by atoms with Crippen molar-refractivity contribution in [2.24, 2.45) is 9.98 Å². The highest BCUT2D eigenvalue weighted by Crippen LogP contribution is 2.31. The third-order valence-corrected chi connectivity index (χ3v) is 3.62. The first kappa shape index (κ1) is 11.7. The van der Waals surface area contributed by atoms with Gasteiger partial charge in [-0.15, -0.1) is 0 Å². The number of carbonyl (C=O) groups is 2. The van der Waals surface area contributed by atoms with Gasteiger partial charge in [0.25, 0.3) is 0 Å². The molecule has 21 heavy (non-hydrogen) atoms. The van der Waals surface area contributed by atoms with Crippen LogP contribution >= 0.6 is 0 Å². The molecule has 5 heteroatoms. The van der Waals surface area contributed by atoms with Crippen LogP contribution in [-0.2, 0) is 4.79 Å². The van der Waals surface area contributed by atoms with Gasteiger partial charge in [0.2, 0.25) is 5.78 Å². The Hall–Kier alpha value is -3.08. The quantitative estimate of drug-likeness (QED) is 0.682. The van der Waals surface area contributed by atoms with Crippen molar-refractivity contribution >= 4 is 17.4 Å². The summed E-state index contributed by atoms with van der Waals surface area (Å²) in [6, 6.07) is 11.1. The normalized spacial score (nSPS) is 14.3. The topological polar surface area (TPSA) is 79.1 Å². The van der Waals surface area contributed by atoms with Crippen LogP contribution < -0.4 is 10.7 Å². The summed E-state index contributed by atoms with van der Waals surface area (Å²) in [7, 11) is 0. The number of hydrogen-bond donors (Lipinski definition) is 1. The molecule has 0 bridgehead atoms. The van der Waals surface area contributed by atoms with Gasteiger partial charge in [0.05, 0.1) is 16.6 Å². The van der Waals surface area contributed by atoms with E-state index in [1.54, 1.807) is 12.1 Å². The van der Waals surface area contributed by atoms with E-state index in [1.165, 1.54) is 0 Å². The number of fused-ring (bicyclic) bond motifs is 5. The molecular formula is C16H8N2O3. The lowest BCUT2D eigenvalue weighted by molar-refractivity contribution is -0.132. The lowest BCUT2D eigenvalue weighted by Gasteiger charge is -2.07. The molecule has 2 aromatic carbocycles. The number of carbonyl (C=O) groups excluding carboxylic acids is 1. The number of rotatable bonds is 1. The Bertz CT molecular complexity index is 987. The second-order valence-electron chi connectivity index (χ2n) is 4.79. The van der Waals surface area contributed by atoms with Crippen molar-refractivity contribution in [3.63, 3.8) is 0 Å². The van der Waals surface area contributed by atoms with E-state index in [9.17, 15) is 9.59 Å². The molecule has 0 aromatic heterocycles. The molecule has 5 nitrogen and oxygen atoms in total. The van der Waals surface area contributed by atoms with Crippen molar-refractivity contribution in [2.45, 2.75) is 0 Å². The first-order valence-electron chi connectivity index (χ1n) is 6.34. The van der Waals surface area contributed by atoms with Crippen molar-refractivity contribution in [3.05, 3.63) is 64.4 Å². The van der Waals surface area contributed by atoms with Crippen molar-refractivity contribution in [2.75, 3.05) is 0 Å². The Kier molecular flexibility index (Phi) is 2.21. The van der Waals surface area contributed by atoms with Crippen molar-refractivity contribution in [1.29, 1.82) is 0 Å². The molecule has 0 fully saturated rings. The van der Waals surface area contributed by atoms with Crippen LogP contribution in [-0.4, -0.2) is 16.9 Å². The van der Waals surface area contributed by atoms with E-state index in [1.807, 2.05) is 24.3 Å². The number of aliphatic carboxylic acids is 1.